The lowest BCUT2D eigenvalue weighted by Gasteiger charge is -2.34. The fourth-order valence-electron chi connectivity index (χ4n) is 3.26. The van der Waals surface area contributed by atoms with Crippen LogP contribution in [-0.4, -0.2) is 39.7 Å². The Hall–Kier alpha value is -2.22. The molecule has 1 aromatic carbocycles. The lowest BCUT2D eigenvalue weighted by molar-refractivity contribution is 0.276. The van der Waals surface area contributed by atoms with Crippen LogP contribution in [0.3, 0.4) is 0 Å². The van der Waals surface area contributed by atoms with Gasteiger partial charge in [-0.15, -0.1) is 0 Å². The van der Waals surface area contributed by atoms with E-state index in [1.54, 1.807) is 19.3 Å². The molecule has 1 fully saturated rings. The Labute approximate surface area is 147 Å². The highest BCUT2D eigenvalue weighted by atomic mass is 32.2. The molecule has 0 bridgehead atoms. The monoisotopic (exact) mass is 356 g/mol. The molecular formula is C18H20N4O2S. The zero-order valence-electron chi connectivity index (χ0n) is 13.8. The summed E-state index contributed by atoms with van der Waals surface area (Å²) in [5, 5.41) is 4.22. The first-order valence-electron chi connectivity index (χ1n) is 8.35. The Morgan fingerprint density at radius 1 is 0.920 bits per heavy atom. The van der Waals surface area contributed by atoms with Crippen molar-refractivity contribution >= 4 is 15.7 Å². The van der Waals surface area contributed by atoms with Gasteiger partial charge in [0.2, 0.25) is 0 Å². The van der Waals surface area contributed by atoms with E-state index in [4.69, 9.17) is 0 Å². The molecule has 0 saturated carbocycles. The molecule has 0 amide bonds. The number of rotatable bonds is 4. The van der Waals surface area contributed by atoms with Crippen LogP contribution < -0.4 is 0 Å². The van der Waals surface area contributed by atoms with E-state index in [9.17, 15) is 8.42 Å². The SMILES string of the molecule is O=S1(=O)N(Cc2ccccc2)CCCN1Cc1cccn2nccc12. The quantitative estimate of drug-likeness (QED) is 0.721. The van der Waals surface area contributed by atoms with Crippen LogP contribution in [-0.2, 0) is 23.3 Å². The van der Waals surface area contributed by atoms with Crippen molar-refractivity contribution in [2.24, 2.45) is 0 Å². The van der Waals surface area contributed by atoms with Crippen LogP contribution in [0.1, 0.15) is 17.5 Å². The third-order valence-electron chi connectivity index (χ3n) is 4.54. The number of hydrogen-bond donors (Lipinski definition) is 0. The first-order chi connectivity index (χ1) is 12.1. The van der Waals surface area contributed by atoms with E-state index in [1.807, 2.05) is 54.7 Å². The summed E-state index contributed by atoms with van der Waals surface area (Å²) >= 11 is 0. The molecule has 7 heteroatoms. The van der Waals surface area contributed by atoms with Crippen LogP contribution in [0.5, 0.6) is 0 Å². The summed E-state index contributed by atoms with van der Waals surface area (Å²) < 4.78 is 31.0. The lowest BCUT2D eigenvalue weighted by Crippen LogP contribution is -2.48. The molecule has 0 atom stereocenters. The predicted octanol–water partition coefficient (Wildman–Crippen LogP) is 2.29. The molecule has 25 heavy (non-hydrogen) atoms. The Balaban J connectivity index is 1.58. The molecule has 6 nitrogen and oxygen atoms in total. The molecule has 0 aliphatic carbocycles. The van der Waals surface area contributed by atoms with Crippen molar-refractivity contribution in [3.05, 3.63) is 72.1 Å². The molecule has 3 heterocycles. The number of fused-ring (bicyclic) bond motifs is 1. The van der Waals surface area contributed by atoms with Crippen LogP contribution in [0.15, 0.2) is 60.9 Å². The molecule has 2 aromatic heterocycles. The van der Waals surface area contributed by atoms with Crippen LogP contribution in [0.2, 0.25) is 0 Å². The van der Waals surface area contributed by atoms with Crippen molar-refractivity contribution in [3.8, 4) is 0 Å². The topological polar surface area (TPSA) is 57.9 Å². The highest BCUT2D eigenvalue weighted by molar-refractivity contribution is 7.86. The first-order valence-corrected chi connectivity index (χ1v) is 9.75. The lowest BCUT2D eigenvalue weighted by atomic mass is 10.2. The van der Waals surface area contributed by atoms with Gasteiger partial charge < -0.3 is 0 Å². The Bertz CT molecular complexity index is 969. The smallest absolute Gasteiger partial charge is 0.241 e. The van der Waals surface area contributed by atoms with Crippen LogP contribution >= 0.6 is 0 Å². The van der Waals surface area contributed by atoms with Gasteiger partial charge in [-0.05, 0) is 29.7 Å². The van der Waals surface area contributed by atoms with E-state index in [1.165, 1.54) is 0 Å². The van der Waals surface area contributed by atoms with E-state index < -0.39 is 10.2 Å². The molecule has 0 N–H and O–H groups in total. The minimum atomic E-state index is -3.48. The molecule has 1 aliphatic rings. The third-order valence-corrected chi connectivity index (χ3v) is 6.47. The molecule has 1 aliphatic heterocycles. The van der Waals surface area contributed by atoms with Crippen molar-refractivity contribution in [1.82, 2.24) is 18.2 Å². The van der Waals surface area contributed by atoms with Gasteiger partial charge in [0.15, 0.2) is 0 Å². The van der Waals surface area contributed by atoms with E-state index in [2.05, 4.69) is 5.10 Å². The molecule has 1 saturated heterocycles. The van der Waals surface area contributed by atoms with Gasteiger partial charge in [0.1, 0.15) is 0 Å². The van der Waals surface area contributed by atoms with Gasteiger partial charge in [-0.25, -0.2) is 4.52 Å². The van der Waals surface area contributed by atoms with Gasteiger partial charge >= 0.3 is 0 Å². The second-order valence-electron chi connectivity index (χ2n) is 6.21. The summed E-state index contributed by atoms with van der Waals surface area (Å²) in [7, 11) is -3.48. The van der Waals surface area contributed by atoms with Gasteiger partial charge in [0.25, 0.3) is 10.2 Å². The minimum absolute atomic E-state index is 0.365. The van der Waals surface area contributed by atoms with E-state index in [0.29, 0.717) is 26.2 Å². The van der Waals surface area contributed by atoms with Gasteiger partial charge in [0.05, 0.1) is 5.52 Å². The second-order valence-corrected chi connectivity index (χ2v) is 8.14. The minimum Gasteiger partial charge on any atom is -0.241 e. The number of pyridine rings is 1. The first kappa shape index (κ1) is 16.3. The fraction of sp³-hybridized carbons (Fsp3) is 0.278. The number of nitrogens with zero attached hydrogens (tertiary/aromatic N) is 4. The van der Waals surface area contributed by atoms with Crippen LogP contribution in [0.25, 0.3) is 5.52 Å². The highest BCUT2D eigenvalue weighted by Gasteiger charge is 2.33. The van der Waals surface area contributed by atoms with Crippen molar-refractivity contribution in [3.63, 3.8) is 0 Å². The molecule has 0 spiro atoms. The summed E-state index contributed by atoms with van der Waals surface area (Å²) in [6, 6.07) is 15.5. The maximum absolute atomic E-state index is 13.0. The number of hydrogen-bond acceptors (Lipinski definition) is 3. The average Bonchev–Trinajstić information content (AvgIpc) is 3.09. The second kappa shape index (κ2) is 6.59. The molecule has 130 valence electrons. The van der Waals surface area contributed by atoms with Crippen molar-refractivity contribution in [1.29, 1.82) is 0 Å². The number of aromatic nitrogens is 2. The van der Waals surface area contributed by atoms with Crippen molar-refractivity contribution in [2.45, 2.75) is 19.5 Å². The molecule has 4 rings (SSSR count). The van der Waals surface area contributed by atoms with Gasteiger partial charge in [0, 0.05) is 38.6 Å². The van der Waals surface area contributed by atoms with Crippen molar-refractivity contribution in [2.75, 3.05) is 13.1 Å². The van der Waals surface area contributed by atoms with Gasteiger partial charge in [-0.3, -0.25) is 0 Å². The van der Waals surface area contributed by atoms with E-state index in [-0.39, 0.29) is 0 Å². The standard InChI is InChI=1S/C18H20N4O2S/c23-25(24)20(14-16-6-2-1-3-7-16)11-5-12-21(25)15-17-8-4-13-22-18(17)9-10-19-22/h1-4,6-10,13H,5,11-12,14-15H2. The Kier molecular flexibility index (Phi) is 4.29. The Morgan fingerprint density at radius 3 is 2.48 bits per heavy atom. The summed E-state index contributed by atoms with van der Waals surface area (Å²) in [6.07, 6.45) is 4.42. The van der Waals surface area contributed by atoms with Gasteiger partial charge in [-0.2, -0.15) is 22.1 Å². The third kappa shape index (κ3) is 3.18. The zero-order chi connectivity index (χ0) is 17.3. The van der Waals surface area contributed by atoms with E-state index in [0.717, 1.165) is 23.1 Å². The fourth-order valence-corrected chi connectivity index (χ4v) is 4.92. The molecular weight excluding hydrogens is 336 g/mol. The zero-order valence-corrected chi connectivity index (χ0v) is 14.6. The molecule has 0 unspecified atom stereocenters. The summed E-state index contributed by atoms with van der Waals surface area (Å²) in [5.74, 6) is 0. The normalized spacial score (nSPS) is 18.6. The molecule has 3 aromatic rings. The van der Waals surface area contributed by atoms with Crippen molar-refractivity contribution < 1.29 is 8.42 Å². The summed E-state index contributed by atoms with van der Waals surface area (Å²) in [6.45, 7) is 1.88. The van der Waals surface area contributed by atoms with Crippen LogP contribution in [0, 0.1) is 0 Å². The predicted molar refractivity (Wildman–Crippen MR) is 96.0 cm³/mol. The molecule has 0 radical (unpaired) electrons. The summed E-state index contributed by atoms with van der Waals surface area (Å²) in [5.41, 5.74) is 2.91. The highest BCUT2D eigenvalue weighted by Crippen LogP contribution is 2.23. The van der Waals surface area contributed by atoms with Crippen LogP contribution in [0.4, 0.5) is 0 Å². The Morgan fingerprint density at radius 2 is 1.68 bits per heavy atom. The largest absolute Gasteiger partial charge is 0.282 e. The average molecular weight is 356 g/mol. The van der Waals surface area contributed by atoms with E-state index >= 15 is 0 Å². The van der Waals surface area contributed by atoms with Gasteiger partial charge in [-0.1, -0.05) is 36.4 Å². The maximum Gasteiger partial charge on any atom is 0.282 e. The number of benzene rings is 1. The summed E-state index contributed by atoms with van der Waals surface area (Å²) in [4.78, 5) is 0. The maximum atomic E-state index is 13.0.